The van der Waals surface area contributed by atoms with Crippen LogP contribution in [0.4, 0.5) is 10.5 Å². The van der Waals surface area contributed by atoms with E-state index in [1.165, 1.54) is 10.5 Å². The fraction of sp³-hybridized carbons (Fsp3) is 0.650. The first kappa shape index (κ1) is 19.4. The van der Waals surface area contributed by atoms with Gasteiger partial charge in [-0.25, -0.2) is 4.79 Å². The van der Waals surface area contributed by atoms with Crippen LogP contribution in [0.2, 0.25) is 0 Å². The van der Waals surface area contributed by atoms with Gasteiger partial charge in [0, 0.05) is 50.9 Å². The van der Waals surface area contributed by atoms with E-state index in [4.69, 9.17) is 4.74 Å². The second kappa shape index (κ2) is 7.17. The van der Waals surface area contributed by atoms with Gasteiger partial charge in [-0.1, -0.05) is 0 Å². The highest BCUT2D eigenvalue weighted by molar-refractivity contribution is 8.18. The Bertz CT molecular complexity index is 740. The van der Waals surface area contributed by atoms with E-state index in [-0.39, 0.29) is 10.1 Å². The summed E-state index contributed by atoms with van der Waals surface area (Å²) in [7, 11) is 3.66. The summed E-state index contributed by atoms with van der Waals surface area (Å²) in [6, 6.07) is 6.39. The lowest BCUT2D eigenvalue weighted by molar-refractivity contribution is -0.0514. The van der Waals surface area contributed by atoms with Crippen molar-refractivity contribution in [3.8, 4) is 0 Å². The lowest BCUT2D eigenvalue weighted by Gasteiger charge is -2.36. The molecule has 0 aliphatic carbocycles. The van der Waals surface area contributed by atoms with Gasteiger partial charge in [0.1, 0.15) is 0 Å². The average Bonchev–Trinajstić information content (AvgIpc) is 2.96. The number of ether oxygens (including phenoxy) is 1. The molecule has 0 saturated carbocycles. The number of hydrogen-bond donors (Lipinski definition) is 1. The summed E-state index contributed by atoms with van der Waals surface area (Å²) in [5.74, 6) is 1.14. The largest absolute Gasteiger partial charge is 0.389 e. The van der Waals surface area contributed by atoms with Crippen LogP contribution in [0, 0.1) is 5.92 Å². The predicted octanol–water partition coefficient (Wildman–Crippen LogP) is 3.79. The number of nitrogens with zero attached hydrogens (tertiary/aromatic N) is 2. The first-order valence-electron chi connectivity index (χ1n) is 9.55. The molecular formula is C20H28N2O3S2. The van der Waals surface area contributed by atoms with Crippen molar-refractivity contribution in [2.75, 3.05) is 38.0 Å². The van der Waals surface area contributed by atoms with Crippen molar-refractivity contribution in [3.05, 3.63) is 23.8 Å². The number of anilines is 1. The maximum atomic E-state index is 12.1. The number of rotatable bonds is 3. The summed E-state index contributed by atoms with van der Waals surface area (Å²) in [4.78, 5) is 16.8. The molecule has 2 unspecified atom stereocenters. The summed E-state index contributed by atoms with van der Waals surface area (Å²) >= 11 is 3.72. The maximum Gasteiger partial charge on any atom is 0.324 e. The van der Waals surface area contributed by atoms with E-state index >= 15 is 0 Å². The van der Waals surface area contributed by atoms with Crippen molar-refractivity contribution in [1.82, 2.24) is 4.90 Å². The van der Waals surface area contributed by atoms with Gasteiger partial charge in [-0.05, 0) is 49.4 Å². The van der Waals surface area contributed by atoms with E-state index in [0.717, 1.165) is 43.9 Å². The van der Waals surface area contributed by atoms with E-state index in [1.54, 1.807) is 9.80 Å². The number of urea groups is 1. The fourth-order valence-corrected chi connectivity index (χ4v) is 7.61. The van der Waals surface area contributed by atoms with Gasteiger partial charge in [0.05, 0.1) is 15.4 Å². The Morgan fingerprint density at radius 2 is 2.04 bits per heavy atom. The number of amides is 2. The van der Waals surface area contributed by atoms with E-state index in [0.29, 0.717) is 12.5 Å². The van der Waals surface area contributed by atoms with Gasteiger partial charge in [0.15, 0.2) is 0 Å². The average molecular weight is 409 g/mol. The zero-order valence-corrected chi connectivity index (χ0v) is 17.9. The Morgan fingerprint density at radius 3 is 2.78 bits per heavy atom. The molecule has 148 valence electrons. The molecule has 2 fully saturated rings. The second-order valence-corrected chi connectivity index (χ2v) is 11.5. The molecule has 7 heteroatoms. The Balaban J connectivity index is 1.49. The fourth-order valence-electron chi connectivity index (χ4n) is 4.51. The number of aliphatic hydroxyl groups is 1. The van der Waals surface area contributed by atoms with Crippen molar-refractivity contribution in [1.29, 1.82) is 0 Å². The molecule has 1 N–H and O–H groups in total. The topological polar surface area (TPSA) is 53.0 Å². The molecule has 2 atom stereocenters. The Labute approximate surface area is 169 Å². The number of benzene rings is 1. The highest BCUT2D eigenvalue weighted by Gasteiger charge is 2.50. The zero-order chi connectivity index (χ0) is 19.2. The minimum absolute atomic E-state index is 0.0303. The molecular weight excluding hydrogens is 380 g/mol. The van der Waals surface area contributed by atoms with Crippen molar-refractivity contribution in [3.63, 3.8) is 0 Å². The summed E-state index contributed by atoms with van der Waals surface area (Å²) in [5.41, 5.74) is 1.58. The third-order valence-corrected chi connectivity index (χ3v) is 9.07. The normalized spacial score (nSPS) is 32.1. The Kier molecular flexibility index (Phi) is 5.16. The Morgan fingerprint density at radius 1 is 1.30 bits per heavy atom. The molecule has 27 heavy (non-hydrogen) atoms. The van der Waals surface area contributed by atoms with Gasteiger partial charge >= 0.3 is 6.03 Å². The van der Waals surface area contributed by atoms with Crippen LogP contribution in [-0.4, -0.2) is 58.8 Å². The minimum Gasteiger partial charge on any atom is -0.389 e. The van der Waals surface area contributed by atoms with Crippen LogP contribution in [-0.2, 0) is 11.3 Å². The molecule has 4 rings (SSSR count). The van der Waals surface area contributed by atoms with E-state index < -0.39 is 5.60 Å². The molecule has 0 bridgehead atoms. The van der Waals surface area contributed by atoms with Crippen molar-refractivity contribution in [2.45, 2.75) is 47.3 Å². The molecule has 3 heterocycles. The molecule has 2 saturated heterocycles. The lowest BCUT2D eigenvalue weighted by atomic mass is 9.80. The summed E-state index contributed by atoms with van der Waals surface area (Å²) in [5, 5.41) is 11.3. The third kappa shape index (κ3) is 3.71. The van der Waals surface area contributed by atoms with Crippen LogP contribution >= 0.6 is 23.5 Å². The highest BCUT2D eigenvalue weighted by Crippen LogP contribution is 2.56. The van der Waals surface area contributed by atoms with E-state index in [1.807, 2.05) is 37.6 Å². The zero-order valence-electron chi connectivity index (χ0n) is 16.2. The number of fused-ring (bicyclic) bond motifs is 1. The maximum absolute atomic E-state index is 12.1. The summed E-state index contributed by atoms with van der Waals surface area (Å²) < 4.78 is 5.44. The van der Waals surface area contributed by atoms with Gasteiger partial charge in [-0.2, -0.15) is 0 Å². The molecule has 1 aromatic carbocycles. The van der Waals surface area contributed by atoms with Crippen LogP contribution in [0.25, 0.3) is 0 Å². The number of thioether (sulfide) groups is 2. The monoisotopic (exact) mass is 408 g/mol. The van der Waals surface area contributed by atoms with Crippen molar-refractivity contribution >= 4 is 35.2 Å². The number of carbonyl (C=O) groups excluding carboxylic acids is 1. The van der Waals surface area contributed by atoms with E-state index in [2.05, 4.69) is 25.1 Å². The molecule has 1 aromatic rings. The highest BCUT2D eigenvalue weighted by atomic mass is 32.2. The van der Waals surface area contributed by atoms with Crippen LogP contribution in [0.1, 0.15) is 31.7 Å². The molecule has 0 radical (unpaired) electrons. The SMILES string of the molecule is CN1Cc2cc(SC3(C)CC(O)(C4CCOCC4)CS3)ccc2N(C)C1=O. The van der Waals surface area contributed by atoms with Crippen LogP contribution in [0.3, 0.4) is 0 Å². The lowest BCUT2D eigenvalue weighted by Crippen LogP contribution is -2.42. The van der Waals surface area contributed by atoms with Crippen molar-refractivity contribution in [2.24, 2.45) is 5.92 Å². The van der Waals surface area contributed by atoms with Gasteiger partial charge in [-0.15, -0.1) is 23.5 Å². The van der Waals surface area contributed by atoms with Gasteiger partial charge < -0.3 is 14.7 Å². The molecule has 2 amide bonds. The van der Waals surface area contributed by atoms with E-state index in [9.17, 15) is 9.90 Å². The van der Waals surface area contributed by atoms with Crippen LogP contribution < -0.4 is 4.90 Å². The van der Waals surface area contributed by atoms with Gasteiger partial charge in [0.2, 0.25) is 0 Å². The van der Waals surface area contributed by atoms with Crippen LogP contribution in [0.5, 0.6) is 0 Å². The first-order chi connectivity index (χ1) is 12.8. The molecule has 0 aromatic heterocycles. The standard InChI is InChI=1S/C20H28N2O3S2/c1-19(12-20(24,13-26-19)15-6-8-25-9-7-15)27-16-4-5-17-14(10-16)11-21(2)18(23)22(17)3/h4-5,10,15,24H,6-9,11-13H2,1-3H3. The van der Waals surface area contributed by atoms with Crippen molar-refractivity contribution < 1.29 is 14.6 Å². The number of hydrogen-bond acceptors (Lipinski definition) is 5. The molecule has 3 aliphatic heterocycles. The summed E-state index contributed by atoms with van der Waals surface area (Å²) in [6.45, 7) is 4.43. The molecule has 5 nitrogen and oxygen atoms in total. The smallest absolute Gasteiger partial charge is 0.324 e. The third-order valence-electron chi connectivity index (χ3n) is 6.00. The second-order valence-electron chi connectivity index (χ2n) is 8.18. The predicted molar refractivity (Wildman–Crippen MR) is 112 cm³/mol. The Hall–Kier alpha value is -0.890. The molecule has 3 aliphatic rings. The quantitative estimate of drug-likeness (QED) is 0.825. The van der Waals surface area contributed by atoms with Gasteiger partial charge in [-0.3, -0.25) is 4.90 Å². The minimum atomic E-state index is -0.586. The number of carbonyl (C=O) groups is 1. The molecule has 0 spiro atoms. The van der Waals surface area contributed by atoms with Crippen LogP contribution in [0.15, 0.2) is 23.1 Å². The first-order valence-corrected chi connectivity index (χ1v) is 11.3. The van der Waals surface area contributed by atoms with Gasteiger partial charge in [0.25, 0.3) is 0 Å². The summed E-state index contributed by atoms with van der Waals surface area (Å²) in [6.07, 6.45) is 2.72.